The molecule has 0 saturated carbocycles. The van der Waals surface area contributed by atoms with Crippen molar-refractivity contribution in [3.63, 3.8) is 0 Å². The van der Waals surface area contributed by atoms with Gasteiger partial charge in [0, 0.05) is 24.6 Å². The van der Waals surface area contributed by atoms with E-state index in [9.17, 15) is 9.59 Å². The first-order valence-corrected chi connectivity index (χ1v) is 15.9. The lowest BCUT2D eigenvalue weighted by atomic mass is 9.97. The zero-order chi connectivity index (χ0) is 28.6. The highest BCUT2D eigenvalue weighted by Crippen LogP contribution is 2.40. The van der Waals surface area contributed by atoms with Crippen molar-refractivity contribution >= 4 is 77.2 Å². The molecule has 0 radical (unpaired) electrons. The SMILES string of the molecule is COc1sc(C2CCN(c3ncnc4ccsc34)CC2)nc1C(=O)N(C(=O)c1ccccc1)c1nc2ccccc2s1. The van der Waals surface area contributed by atoms with E-state index in [2.05, 4.69) is 19.9 Å². The van der Waals surface area contributed by atoms with Crippen molar-refractivity contribution in [2.24, 2.45) is 0 Å². The van der Waals surface area contributed by atoms with Crippen LogP contribution in [0, 0.1) is 0 Å². The summed E-state index contributed by atoms with van der Waals surface area (Å²) in [6.45, 7) is 1.62. The van der Waals surface area contributed by atoms with Crippen LogP contribution >= 0.6 is 34.0 Å². The molecule has 0 unspecified atom stereocenters. The Bertz CT molecular complexity index is 1880. The average Bonchev–Trinajstić information content (AvgIpc) is 3.79. The molecule has 9 nitrogen and oxygen atoms in total. The minimum absolute atomic E-state index is 0.125. The van der Waals surface area contributed by atoms with E-state index in [4.69, 9.17) is 9.72 Å². The molecule has 12 heteroatoms. The normalized spacial score (nSPS) is 14.0. The lowest BCUT2D eigenvalue weighted by Crippen LogP contribution is -2.37. The monoisotopic (exact) mass is 612 g/mol. The number of hydrogen-bond acceptors (Lipinski definition) is 11. The highest BCUT2D eigenvalue weighted by atomic mass is 32.1. The Morgan fingerprint density at radius 3 is 2.48 bits per heavy atom. The average molecular weight is 613 g/mol. The zero-order valence-electron chi connectivity index (χ0n) is 22.5. The number of thiophene rings is 1. The summed E-state index contributed by atoms with van der Waals surface area (Å²) in [7, 11) is 1.53. The number of fused-ring (bicyclic) bond motifs is 2. The fraction of sp³-hybridized carbons (Fsp3) is 0.200. The van der Waals surface area contributed by atoms with E-state index < -0.39 is 11.8 Å². The third kappa shape index (κ3) is 4.81. The Labute approximate surface area is 253 Å². The molecule has 0 atom stereocenters. The summed E-state index contributed by atoms with van der Waals surface area (Å²) in [5.74, 6) is 0.102. The number of hydrogen-bond donors (Lipinski definition) is 0. The summed E-state index contributed by atoms with van der Waals surface area (Å²) in [5, 5.41) is 3.55. The summed E-state index contributed by atoms with van der Waals surface area (Å²) < 4.78 is 7.63. The van der Waals surface area contributed by atoms with E-state index >= 15 is 0 Å². The zero-order valence-corrected chi connectivity index (χ0v) is 24.9. The van der Waals surface area contributed by atoms with Crippen LogP contribution < -0.4 is 14.5 Å². The molecule has 0 aliphatic carbocycles. The summed E-state index contributed by atoms with van der Waals surface area (Å²) >= 11 is 4.31. The number of carbonyl (C=O) groups excluding carboxylic acids is 2. The predicted octanol–water partition coefficient (Wildman–Crippen LogP) is 6.64. The van der Waals surface area contributed by atoms with E-state index in [0.29, 0.717) is 15.8 Å². The largest absolute Gasteiger partial charge is 0.485 e. The second-order valence-electron chi connectivity index (χ2n) is 9.76. The van der Waals surface area contributed by atoms with Gasteiger partial charge < -0.3 is 9.64 Å². The number of nitrogens with zero attached hydrogens (tertiary/aromatic N) is 6. The van der Waals surface area contributed by atoms with Crippen LogP contribution in [-0.4, -0.2) is 51.9 Å². The van der Waals surface area contributed by atoms with Gasteiger partial charge in [-0.2, -0.15) is 0 Å². The van der Waals surface area contributed by atoms with Gasteiger partial charge in [0.25, 0.3) is 11.8 Å². The molecule has 1 fully saturated rings. The quantitative estimate of drug-likeness (QED) is 0.193. The maximum absolute atomic E-state index is 14.2. The van der Waals surface area contributed by atoms with Crippen molar-refractivity contribution in [3.8, 4) is 5.06 Å². The van der Waals surface area contributed by atoms with Gasteiger partial charge in [-0.1, -0.05) is 53.0 Å². The molecular weight excluding hydrogens is 589 g/mol. The van der Waals surface area contributed by atoms with Crippen LogP contribution in [0.5, 0.6) is 5.06 Å². The standard InChI is InChI=1S/C30H24N6O3S3/c1-39-29-23(34-26(42-29)18-11-14-35(15-12-18)25-24-21(13-16-40-24)31-17-32-25)28(38)36(27(37)19-7-3-2-4-8-19)30-33-20-9-5-6-10-22(20)41-30/h2-10,13,16-18H,11-12,14-15H2,1H3. The molecule has 5 heterocycles. The second-order valence-corrected chi connectivity index (χ2v) is 12.7. The van der Waals surface area contributed by atoms with Crippen LogP contribution in [0.4, 0.5) is 10.9 Å². The molecule has 2 amide bonds. The van der Waals surface area contributed by atoms with Crippen LogP contribution in [0.15, 0.2) is 72.4 Å². The second kappa shape index (κ2) is 11.2. The van der Waals surface area contributed by atoms with Crippen molar-refractivity contribution in [2.75, 3.05) is 30.0 Å². The Hall–Kier alpha value is -4.26. The van der Waals surface area contributed by atoms with Gasteiger partial charge in [0.15, 0.2) is 5.69 Å². The summed E-state index contributed by atoms with van der Waals surface area (Å²) in [6, 6.07) is 18.3. The van der Waals surface area contributed by atoms with Crippen molar-refractivity contribution < 1.29 is 14.3 Å². The molecule has 0 bridgehead atoms. The Morgan fingerprint density at radius 1 is 0.905 bits per heavy atom. The summed E-state index contributed by atoms with van der Waals surface area (Å²) in [6.07, 6.45) is 3.32. The van der Waals surface area contributed by atoms with Gasteiger partial charge in [-0.3, -0.25) is 9.59 Å². The molecule has 7 rings (SSSR count). The minimum atomic E-state index is -0.555. The molecule has 1 aliphatic heterocycles. The van der Waals surface area contributed by atoms with Crippen LogP contribution in [0.3, 0.4) is 0 Å². The van der Waals surface area contributed by atoms with Crippen molar-refractivity contribution in [3.05, 3.63) is 88.6 Å². The van der Waals surface area contributed by atoms with E-state index in [1.54, 1.807) is 41.9 Å². The third-order valence-electron chi connectivity index (χ3n) is 7.27. The number of amides is 2. The fourth-order valence-electron chi connectivity index (χ4n) is 5.15. The molecule has 1 aliphatic rings. The van der Waals surface area contributed by atoms with Crippen molar-refractivity contribution in [1.29, 1.82) is 0 Å². The number of aromatic nitrogens is 4. The summed E-state index contributed by atoms with van der Waals surface area (Å²) in [4.78, 5) is 49.7. The first-order chi connectivity index (χ1) is 20.6. The lowest BCUT2D eigenvalue weighted by Gasteiger charge is -2.32. The predicted molar refractivity (Wildman–Crippen MR) is 167 cm³/mol. The number of benzene rings is 2. The van der Waals surface area contributed by atoms with Crippen molar-refractivity contribution in [1.82, 2.24) is 19.9 Å². The third-order valence-corrected chi connectivity index (χ3v) is 10.4. The minimum Gasteiger partial charge on any atom is -0.485 e. The molecule has 210 valence electrons. The first-order valence-electron chi connectivity index (χ1n) is 13.4. The van der Waals surface area contributed by atoms with Crippen LogP contribution in [0.1, 0.15) is 44.6 Å². The van der Waals surface area contributed by atoms with Crippen LogP contribution in [0.2, 0.25) is 0 Å². The number of carbonyl (C=O) groups is 2. The number of thiazole rings is 2. The first kappa shape index (κ1) is 26.6. The lowest BCUT2D eigenvalue weighted by molar-refractivity contribution is 0.0893. The number of anilines is 2. The Kier molecular flexibility index (Phi) is 7.10. The molecule has 2 aromatic carbocycles. The molecule has 42 heavy (non-hydrogen) atoms. The number of piperidine rings is 1. The highest BCUT2D eigenvalue weighted by Gasteiger charge is 2.35. The highest BCUT2D eigenvalue weighted by molar-refractivity contribution is 7.22. The van der Waals surface area contributed by atoms with Crippen LogP contribution in [-0.2, 0) is 0 Å². The van der Waals surface area contributed by atoms with Crippen LogP contribution in [0.25, 0.3) is 20.4 Å². The van der Waals surface area contributed by atoms with Gasteiger partial charge >= 0.3 is 0 Å². The summed E-state index contributed by atoms with van der Waals surface area (Å²) in [5.41, 5.74) is 2.19. The van der Waals surface area contributed by atoms with Gasteiger partial charge in [-0.05, 0) is 48.6 Å². The van der Waals surface area contributed by atoms with Crippen molar-refractivity contribution in [2.45, 2.75) is 18.8 Å². The molecule has 0 N–H and O–H groups in total. The molecular formula is C30H24N6O3S3. The number of rotatable bonds is 6. The molecule has 4 aromatic heterocycles. The molecule has 1 saturated heterocycles. The van der Waals surface area contributed by atoms with E-state index in [1.807, 2.05) is 41.8 Å². The Morgan fingerprint density at radius 2 is 1.69 bits per heavy atom. The number of methoxy groups -OCH3 is 1. The molecule has 0 spiro atoms. The maximum atomic E-state index is 14.2. The fourth-order valence-corrected chi connectivity index (χ4v) is 8.01. The van der Waals surface area contributed by atoms with E-state index in [0.717, 1.165) is 62.1 Å². The smallest absolute Gasteiger partial charge is 0.290 e. The maximum Gasteiger partial charge on any atom is 0.290 e. The molecule has 6 aromatic rings. The topological polar surface area (TPSA) is 101 Å². The van der Waals surface area contributed by atoms with Gasteiger partial charge in [-0.25, -0.2) is 24.8 Å². The Balaban J connectivity index is 1.18. The van der Waals surface area contributed by atoms with Gasteiger partial charge in [-0.15, -0.1) is 11.3 Å². The number of imide groups is 1. The number of ether oxygens (including phenoxy) is 1. The van der Waals surface area contributed by atoms with E-state index in [1.165, 1.54) is 29.8 Å². The van der Waals surface area contributed by atoms with Gasteiger partial charge in [0.1, 0.15) is 17.2 Å². The van der Waals surface area contributed by atoms with Gasteiger partial charge in [0.05, 0.1) is 27.5 Å². The van der Waals surface area contributed by atoms with Gasteiger partial charge in [0.2, 0.25) is 10.2 Å². The van der Waals surface area contributed by atoms with E-state index in [-0.39, 0.29) is 11.6 Å². The number of para-hydroxylation sites is 1.